The van der Waals surface area contributed by atoms with Crippen LogP contribution in [0.4, 0.5) is 16.6 Å². The minimum absolute atomic E-state index is 0.146. The van der Waals surface area contributed by atoms with Crippen molar-refractivity contribution in [1.82, 2.24) is 14.9 Å². The fraction of sp³-hybridized carbons (Fsp3) is 0.652. The number of nitrogens with one attached hydrogen (secondary N) is 1. The van der Waals surface area contributed by atoms with Crippen LogP contribution in [-0.2, 0) is 15.9 Å². The molecule has 2 atom stereocenters. The van der Waals surface area contributed by atoms with Crippen molar-refractivity contribution in [2.45, 2.75) is 58.2 Å². The number of carbonyl (C=O) groups excluding carboxylic acids is 1. The SMILES string of the molecule is CC(C)OC(=O)N1CCC(C)(N2CCc3c(/C(C=N)=C/N)nc(N4CCOC[C@H]4C)nc32)C1. The zero-order valence-electron chi connectivity index (χ0n) is 20.0. The summed E-state index contributed by atoms with van der Waals surface area (Å²) in [6, 6.07) is 0.146. The second-order valence-electron chi connectivity index (χ2n) is 9.56. The Morgan fingerprint density at radius 3 is 2.79 bits per heavy atom. The molecule has 10 nitrogen and oxygen atoms in total. The van der Waals surface area contributed by atoms with Gasteiger partial charge in [-0.1, -0.05) is 0 Å². The quantitative estimate of drug-likeness (QED) is 0.644. The topological polar surface area (TPSA) is 121 Å². The molecule has 0 saturated carbocycles. The van der Waals surface area contributed by atoms with E-state index in [0.717, 1.165) is 30.8 Å². The van der Waals surface area contributed by atoms with Gasteiger partial charge in [-0.15, -0.1) is 0 Å². The van der Waals surface area contributed by atoms with E-state index in [2.05, 4.69) is 23.6 Å². The molecule has 4 rings (SSSR count). The van der Waals surface area contributed by atoms with E-state index in [4.69, 9.17) is 30.6 Å². The summed E-state index contributed by atoms with van der Waals surface area (Å²) in [7, 11) is 0. The Morgan fingerprint density at radius 2 is 2.12 bits per heavy atom. The van der Waals surface area contributed by atoms with Crippen molar-refractivity contribution in [1.29, 1.82) is 5.41 Å². The minimum Gasteiger partial charge on any atom is -0.447 e. The van der Waals surface area contributed by atoms with Gasteiger partial charge in [0.1, 0.15) is 5.82 Å². The Hall–Kier alpha value is -2.88. The molecule has 3 N–H and O–H groups in total. The fourth-order valence-electron chi connectivity index (χ4n) is 4.95. The van der Waals surface area contributed by atoms with Gasteiger partial charge in [-0.05, 0) is 40.5 Å². The summed E-state index contributed by atoms with van der Waals surface area (Å²) in [5.74, 6) is 1.50. The molecule has 0 aromatic carbocycles. The highest BCUT2D eigenvalue weighted by atomic mass is 16.6. The summed E-state index contributed by atoms with van der Waals surface area (Å²) in [4.78, 5) is 28.7. The number of hydrogen-bond acceptors (Lipinski definition) is 9. The highest BCUT2D eigenvalue weighted by Crippen LogP contribution is 2.40. The zero-order chi connectivity index (χ0) is 23.8. The van der Waals surface area contributed by atoms with Crippen LogP contribution in [0.2, 0.25) is 0 Å². The van der Waals surface area contributed by atoms with Crippen LogP contribution in [0.15, 0.2) is 6.20 Å². The van der Waals surface area contributed by atoms with Crippen molar-refractivity contribution < 1.29 is 14.3 Å². The van der Waals surface area contributed by atoms with Crippen LogP contribution in [-0.4, -0.2) is 84.3 Å². The molecule has 0 aliphatic carbocycles. The summed E-state index contributed by atoms with van der Waals surface area (Å²) < 4.78 is 11.0. The second-order valence-corrected chi connectivity index (χ2v) is 9.56. The molecule has 4 heterocycles. The van der Waals surface area contributed by atoms with Crippen molar-refractivity contribution in [3.63, 3.8) is 0 Å². The lowest BCUT2D eigenvalue weighted by molar-refractivity contribution is 0.0821. The molecule has 10 heteroatoms. The number of nitrogens with two attached hydrogens (primary N) is 1. The molecule has 1 unspecified atom stereocenters. The number of hydrogen-bond donors (Lipinski definition) is 2. The van der Waals surface area contributed by atoms with Crippen molar-refractivity contribution >= 4 is 29.6 Å². The van der Waals surface area contributed by atoms with Crippen LogP contribution in [0.5, 0.6) is 0 Å². The van der Waals surface area contributed by atoms with Crippen LogP contribution in [0.25, 0.3) is 5.57 Å². The molecular formula is C23H35N7O3. The van der Waals surface area contributed by atoms with Gasteiger partial charge in [0.2, 0.25) is 5.95 Å². The molecule has 3 aliphatic rings. The number of anilines is 2. The highest BCUT2D eigenvalue weighted by Gasteiger charge is 2.45. The van der Waals surface area contributed by atoms with E-state index in [9.17, 15) is 4.79 Å². The summed E-state index contributed by atoms with van der Waals surface area (Å²) in [5.41, 5.74) is 7.89. The maximum absolute atomic E-state index is 12.5. The van der Waals surface area contributed by atoms with E-state index in [-0.39, 0.29) is 23.8 Å². The molecule has 0 spiro atoms. The molecule has 1 amide bonds. The Bertz CT molecular complexity index is 950. The van der Waals surface area contributed by atoms with E-state index in [1.807, 2.05) is 13.8 Å². The van der Waals surface area contributed by atoms with Gasteiger partial charge in [0.25, 0.3) is 0 Å². The van der Waals surface area contributed by atoms with Crippen molar-refractivity contribution in [3.8, 4) is 0 Å². The Morgan fingerprint density at radius 1 is 1.33 bits per heavy atom. The van der Waals surface area contributed by atoms with Gasteiger partial charge in [-0.25, -0.2) is 9.78 Å². The first kappa shape index (κ1) is 23.3. The van der Waals surface area contributed by atoms with Crippen molar-refractivity contribution in [2.75, 3.05) is 49.2 Å². The molecule has 180 valence electrons. The first-order valence-electron chi connectivity index (χ1n) is 11.7. The molecule has 0 bridgehead atoms. The van der Waals surface area contributed by atoms with Gasteiger partial charge in [0.15, 0.2) is 0 Å². The number of likely N-dealkylation sites (tertiary alicyclic amines) is 1. The number of rotatable bonds is 5. The number of amides is 1. The van der Waals surface area contributed by atoms with E-state index in [1.54, 1.807) is 4.90 Å². The van der Waals surface area contributed by atoms with Crippen LogP contribution in [0.3, 0.4) is 0 Å². The Balaban J connectivity index is 1.70. The molecule has 0 radical (unpaired) electrons. The predicted molar refractivity (Wildman–Crippen MR) is 128 cm³/mol. The van der Waals surface area contributed by atoms with E-state index >= 15 is 0 Å². The smallest absolute Gasteiger partial charge is 0.410 e. The Kier molecular flexibility index (Phi) is 6.47. The van der Waals surface area contributed by atoms with Gasteiger partial charge in [0, 0.05) is 49.7 Å². The van der Waals surface area contributed by atoms with Crippen LogP contribution < -0.4 is 15.5 Å². The summed E-state index contributed by atoms with van der Waals surface area (Å²) >= 11 is 0. The van der Waals surface area contributed by atoms with E-state index < -0.39 is 0 Å². The number of morpholine rings is 1. The summed E-state index contributed by atoms with van der Waals surface area (Å²) in [5, 5.41) is 7.86. The maximum atomic E-state index is 12.5. The average molecular weight is 458 g/mol. The third-order valence-corrected chi connectivity index (χ3v) is 6.75. The van der Waals surface area contributed by atoms with Gasteiger partial charge in [0.05, 0.1) is 36.6 Å². The number of aromatic nitrogens is 2. The molecule has 1 aromatic rings. The molecule has 2 saturated heterocycles. The zero-order valence-corrected chi connectivity index (χ0v) is 20.0. The van der Waals surface area contributed by atoms with E-state index in [0.29, 0.717) is 50.1 Å². The number of ether oxygens (including phenoxy) is 2. The van der Waals surface area contributed by atoms with Gasteiger partial charge >= 0.3 is 6.09 Å². The number of carbonyl (C=O) groups is 1. The lowest BCUT2D eigenvalue weighted by atomic mass is 9.99. The number of allylic oxidation sites excluding steroid dienone is 1. The number of nitrogens with zero attached hydrogens (tertiary/aromatic N) is 5. The maximum Gasteiger partial charge on any atom is 0.410 e. The Labute approximate surface area is 195 Å². The van der Waals surface area contributed by atoms with Crippen molar-refractivity contribution in [3.05, 3.63) is 17.5 Å². The largest absolute Gasteiger partial charge is 0.447 e. The van der Waals surface area contributed by atoms with Crippen molar-refractivity contribution in [2.24, 2.45) is 5.73 Å². The third kappa shape index (κ3) is 4.36. The molecule has 33 heavy (non-hydrogen) atoms. The minimum atomic E-state index is -0.267. The molecule has 3 aliphatic heterocycles. The second kappa shape index (κ2) is 9.17. The highest BCUT2D eigenvalue weighted by molar-refractivity contribution is 6.08. The number of fused-ring (bicyclic) bond motifs is 1. The standard InChI is InChI=1S/C23H35N7O3/c1-15(2)33-22(31)28-8-6-23(4,14-28)30-7-5-18-19(17(11-24)12-25)26-21(27-20(18)30)29-9-10-32-13-16(29)3/h11-12,15-16,24H,5-10,13-14,25H2,1-4H3/b17-12+,24-11?/t16-,23?/m1/s1. The van der Waals surface area contributed by atoms with Crippen LogP contribution in [0, 0.1) is 5.41 Å². The van der Waals surface area contributed by atoms with E-state index in [1.165, 1.54) is 12.4 Å². The molecular weight excluding hydrogens is 422 g/mol. The van der Waals surface area contributed by atoms with Gasteiger partial charge in [-0.2, -0.15) is 4.98 Å². The third-order valence-electron chi connectivity index (χ3n) is 6.75. The monoisotopic (exact) mass is 457 g/mol. The average Bonchev–Trinajstić information content (AvgIpc) is 3.39. The lowest BCUT2D eigenvalue weighted by Crippen LogP contribution is -2.49. The van der Waals surface area contributed by atoms with Gasteiger partial charge in [-0.3, -0.25) is 0 Å². The molecule has 2 fully saturated rings. The van der Waals surface area contributed by atoms with Gasteiger partial charge < -0.3 is 35.3 Å². The summed E-state index contributed by atoms with van der Waals surface area (Å²) in [6.45, 7) is 12.0. The lowest BCUT2D eigenvalue weighted by Gasteiger charge is -2.38. The molecule has 1 aromatic heterocycles. The fourth-order valence-corrected chi connectivity index (χ4v) is 4.95. The first-order chi connectivity index (χ1) is 15.8. The summed E-state index contributed by atoms with van der Waals surface area (Å²) in [6.07, 6.45) is 3.86. The first-order valence-corrected chi connectivity index (χ1v) is 11.7. The predicted octanol–water partition coefficient (Wildman–Crippen LogP) is 2.02. The van der Waals surface area contributed by atoms with Crippen LogP contribution in [0.1, 0.15) is 45.4 Å². The van der Waals surface area contributed by atoms with Crippen LogP contribution >= 0.6 is 0 Å². The normalized spacial score (nSPS) is 25.5.